The van der Waals surface area contributed by atoms with Crippen LogP contribution in [-0.4, -0.2) is 14.4 Å². The number of allylic oxidation sites excluding steroid dienone is 1. The van der Waals surface area contributed by atoms with E-state index in [1.54, 1.807) is 0 Å². The second kappa shape index (κ2) is 7.41. The van der Waals surface area contributed by atoms with Crippen LogP contribution in [0.15, 0.2) is 58.4 Å². The highest BCUT2D eigenvalue weighted by Crippen LogP contribution is 2.39. The van der Waals surface area contributed by atoms with Gasteiger partial charge in [-0.15, -0.1) is 0 Å². The highest BCUT2D eigenvalue weighted by atomic mass is 32.2. The largest absolute Gasteiger partial charge is 0.413 e. The molecule has 0 spiro atoms. The molecule has 2 atom stereocenters. The lowest BCUT2D eigenvalue weighted by atomic mass is 10.0. The van der Waals surface area contributed by atoms with E-state index in [4.69, 9.17) is 4.43 Å². The minimum Gasteiger partial charge on any atom is -0.413 e. The first-order valence-electron chi connectivity index (χ1n) is 8.48. The predicted molar refractivity (Wildman–Crippen MR) is 105 cm³/mol. The average Bonchev–Trinajstić information content (AvgIpc) is 2.63. The molecule has 0 N–H and O–H groups in total. The van der Waals surface area contributed by atoms with Gasteiger partial charge < -0.3 is 4.43 Å². The minimum atomic E-state index is -1.72. The normalized spacial score (nSPS) is 22.6. The second-order valence-corrected chi connectivity index (χ2v) is 13.8. The first kappa shape index (κ1) is 18.6. The zero-order valence-electron chi connectivity index (χ0n) is 15.3. The second-order valence-electron chi connectivity index (χ2n) is 7.89. The van der Waals surface area contributed by atoms with E-state index in [2.05, 4.69) is 89.3 Å². The van der Waals surface area contributed by atoms with Crippen molar-refractivity contribution in [2.45, 2.75) is 63.2 Å². The molecule has 0 amide bonds. The van der Waals surface area contributed by atoms with Gasteiger partial charge in [0.1, 0.15) is 0 Å². The molecule has 1 aromatic rings. The summed E-state index contributed by atoms with van der Waals surface area (Å²) in [4.78, 5) is 2.61. The van der Waals surface area contributed by atoms with Crippen molar-refractivity contribution in [3.63, 3.8) is 0 Å². The van der Waals surface area contributed by atoms with Crippen LogP contribution in [0, 0.1) is 5.92 Å². The molecule has 0 bridgehead atoms. The van der Waals surface area contributed by atoms with Crippen LogP contribution in [0.3, 0.4) is 0 Å². The molecule has 0 aliphatic heterocycles. The van der Waals surface area contributed by atoms with E-state index in [0.717, 1.165) is 6.42 Å². The van der Waals surface area contributed by atoms with Crippen molar-refractivity contribution >= 4 is 20.1 Å². The van der Waals surface area contributed by atoms with Crippen LogP contribution in [0.1, 0.15) is 34.1 Å². The smallest absolute Gasteiger partial charge is 0.192 e. The Morgan fingerprint density at radius 3 is 2.39 bits per heavy atom. The first-order valence-corrected chi connectivity index (χ1v) is 12.2. The van der Waals surface area contributed by atoms with E-state index >= 15 is 0 Å². The molecule has 1 aliphatic rings. The number of thioether (sulfide) groups is 1. The van der Waals surface area contributed by atoms with E-state index < -0.39 is 8.32 Å². The van der Waals surface area contributed by atoms with Crippen molar-refractivity contribution < 1.29 is 4.43 Å². The van der Waals surface area contributed by atoms with Crippen LogP contribution >= 0.6 is 11.8 Å². The fourth-order valence-corrected chi connectivity index (χ4v) is 4.61. The van der Waals surface area contributed by atoms with Crippen LogP contribution in [0.2, 0.25) is 18.1 Å². The van der Waals surface area contributed by atoms with Crippen molar-refractivity contribution in [1.29, 1.82) is 0 Å². The van der Waals surface area contributed by atoms with Gasteiger partial charge in [-0.3, -0.25) is 0 Å². The van der Waals surface area contributed by atoms with Gasteiger partial charge in [0.25, 0.3) is 0 Å². The fourth-order valence-electron chi connectivity index (χ4n) is 2.30. The average molecular weight is 347 g/mol. The summed E-state index contributed by atoms with van der Waals surface area (Å²) in [6.45, 7) is 13.9. The molecular weight excluding hydrogens is 316 g/mol. The van der Waals surface area contributed by atoms with Crippen LogP contribution in [0.4, 0.5) is 0 Å². The molecule has 0 aromatic heterocycles. The summed E-state index contributed by atoms with van der Waals surface area (Å²) in [5.74, 6) is 0.453. The Balaban J connectivity index is 2.08. The molecule has 0 heterocycles. The summed E-state index contributed by atoms with van der Waals surface area (Å²) in [5, 5.41) is 0.258. The predicted octanol–water partition coefficient (Wildman–Crippen LogP) is 6.65. The number of rotatable bonds is 4. The molecule has 1 aliphatic carbocycles. The Labute approximate surface area is 147 Å². The van der Waals surface area contributed by atoms with Crippen molar-refractivity contribution in [2.75, 3.05) is 0 Å². The van der Waals surface area contributed by atoms with Gasteiger partial charge in [0, 0.05) is 9.80 Å². The SMILES string of the molecule is C[C@@H]1C=CC(Sc2ccccc2)=CC[C@H]1O[Si](C)(C)C(C)(C)C. The third-order valence-electron chi connectivity index (χ3n) is 4.93. The summed E-state index contributed by atoms with van der Waals surface area (Å²) in [5.41, 5.74) is 0. The molecule has 0 unspecified atom stereocenters. The molecule has 0 fully saturated rings. The Kier molecular flexibility index (Phi) is 5.98. The lowest BCUT2D eigenvalue weighted by molar-refractivity contribution is 0.149. The number of benzene rings is 1. The van der Waals surface area contributed by atoms with Gasteiger partial charge in [-0.2, -0.15) is 0 Å². The van der Waals surface area contributed by atoms with Crippen molar-refractivity contribution in [3.05, 3.63) is 53.5 Å². The molecule has 0 saturated heterocycles. The van der Waals surface area contributed by atoms with Gasteiger partial charge >= 0.3 is 0 Å². The van der Waals surface area contributed by atoms with E-state index in [0.29, 0.717) is 12.0 Å². The van der Waals surface area contributed by atoms with Crippen LogP contribution in [0.25, 0.3) is 0 Å². The number of hydrogen-bond acceptors (Lipinski definition) is 2. The summed E-state index contributed by atoms with van der Waals surface area (Å²) in [6, 6.07) is 10.6. The lowest BCUT2D eigenvalue weighted by Gasteiger charge is -2.40. The maximum atomic E-state index is 6.67. The summed E-state index contributed by atoms with van der Waals surface area (Å²) in [7, 11) is -1.72. The molecular formula is C20H30OSSi. The van der Waals surface area contributed by atoms with Crippen LogP contribution in [-0.2, 0) is 4.43 Å². The standard InChI is InChI=1S/C20H30OSSi/c1-16-12-13-18(22-17-10-8-7-9-11-17)14-15-19(16)21-23(5,6)20(2,3)4/h7-14,16,19H,15H2,1-6H3/t16-,19-/m1/s1. The maximum absolute atomic E-state index is 6.67. The van der Waals surface area contributed by atoms with Crippen molar-refractivity contribution in [2.24, 2.45) is 5.92 Å². The molecule has 1 aromatic carbocycles. The molecule has 1 nitrogen and oxygen atoms in total. The topological polar surface area (TPSA) is 9.23 Å². The van der Waals surface area contributed by atoms with Gasteiger partial charge in [-0.05, 0) is 42.6 Å². The van der Waals surface area contributed by atoms with Crippen LogP contribution in [0.5, 0.6) is 0 Å². The van der Waals surface area contributed by atoms with Gasteiger partial charge in [0.15, 0.2) is 8.32 Å². The summed E-state index contributed by atoms with van der Waals surface area (Å²) >= 11 is 1.84. The molecule has 0 radical (unpaired) electrons. The monoisotopic (exact) mass is 346 g/mol. The zero-order valence-corrected chi connectivity index (χ0v) is 17.1. The third kappa shape index (κ3) is 5.10. The highest BCUT2D eigenvalue weighted by molar-refractivity contribution is 8.03. The van der Waals surface area contributed by atoms with E-state index in [1.165, 1.54) is 9.80 Å². The van der Waals surface area contributed by atoms with Gasteiger partial charge in [0.05, 0.1) is 6.10 Å². The fraction of sp³-hybridized carbons (Fsp3) is 0.500. The summed E-state index contributed by atoms with van der Waals surface area (Å²) < 4.78 is 6.67. The Morgan fingerprint density at radius 2 is 1.78 bits per heavy atom. The quantitative estimate of drug-likeness (QED) is 0.564. The molecule has 23 heavy (non-hydrogen) atoms. The summed E-state index contributed by atoms with van der Waals surface area (Å²) in [6.07, 6.45) is 8.20. The number of hydrogen-bond donors (Lipinski definition) is 0. The van der Waals surface area contributed by atoms with E-state index in [9.17, 15) is 0 Å². The molecule has 2 rings (SSSR count). The van der Waals surface area contributed by atoms with Crippen LogP contribution < -0.4 is 0 Å². The minimum absolute atomic E-state index is 0.258. The zero-order chi connectivity index (χ0) is 17.1. The van der Waals surface area contributed by atoms with Gasteiger partial charge in [0.2, 0.25) is 0 Å². The first-order chi connectivity index (χ1) is 10.7. The van der Waals surface area contributed by atoms with Crippen molar-refractivity contribution in [1.82, 2.24) is 0 Å². The van der Waals surface area contributed by atoms with Crippen molar-refractivity contribution in [3.8, 4) is 0 Å². The highest BCUT2D eigenvalue weighted by Gasteiger charge is 2.39. The van der Waals surface area contributed by atoms with E-state index in [-0.39, 0.29) is 5.04 Å². The molecule has 3 heteroatoms. The van der Waals surface area contributed by atoms with E-state index in [1.807, 2.05) is 11.8 Å². The molecule has 0 saturated carbocycles. The molecule has 126 valence electrons. The Morgan fingerprint density at radius 1 is 1.13 bits per heavy atom. The Bertz CT molecular complexity index is 569. The Hall–Kier alpha value is -0.773. The lowest BCUT2D eigenvalue weighted by Crippen LogP contribution is -2.45. The van der Waals surface area contributed by atoms with Gasteiger partial charge in [-0.1, -0.05) is 75.9 Å². The van der Waals surface area contributed by atoms with Gasteiger partial charge in [-0.25, -0.2) is 0 Å². The maximum Gasteiger partial charge on any atom is 0.192 e. The third-order valence-corrected chi connectivity index (χ3v) is 10.5.